The topological polar surface area (TPSA) is 41.1 Å². The number of carbonyl (C=O) groups excluding carboxylic acids is 1. The summed E-state index contributed by atoms with van der Waals surface area (Å²) in [6.07, 6.45) is 21.4. The third-order valence-corrected chi connectivity index (χ3v) is 7.43. The molecule has 2 aliphatic heterocycles. The van der Waals surface area contributed by atoms with Gasteiger partial charge in [-0.1, -0.05) is 48.1 Å². The molecule has 2 amide bonds. The number of quaternary nitrogens is 1. The maximum Gasteiger partial charge on any atom is 0.323 e. The predicted molar refractivity (Wildman–Crippen MR) is 126 cm³/mol. The average molecular weight is 417 g/mol. The zero-order valence-corrected chi connectivity index (χ0v) is 18.4. The van der Waals surface area contributed by atoms with Crippen molar-refractivity contribution in [2.75, 3.05) is 18.4 Å². The molecule has 1 spiro atoms. The SMILES string of the molecule is O=C(NC1=CC=CCC1)Nc1cccc2c1C[N+]1(CCC(CC3=CCCC=C3)CC1)C2. The summed E-state index contributed by atoms with van der Waals surface area (Å²) in [5, 5.41) is 6.15. The lowest BCUT2D eigenvalue weighted by Gasteiger charge is -2.40. The highest BCUT2D eigenvalue weighted by Gasteiger charge is 2.40. The van der Waals surface area contributed by atoms with Crippen molar-refractivity contribution in [3.8, 4) is 0 Å². The van der Waals surface area contributed by atoms with E-state index in [1.807, 2.05) is 12.2 Å². The van der Waals surface area contributed by atoms with Gasteiger partial charge in [-0.3, -0.25) is 0 Å². The van der Waals surface area contributed by atoms with Gasteiger partial charge in [-0.05, 0) is 63.0 Å². The Morgan fingerprint density at radius 3 is 2.71 bits per heavy atom. The molecule has 0 unspecified atom stereocenters. The number of fused-ring (bicyclic) bond motifs is 1. The molecular formula is C27H34N3O+. The first-order chi connectivity index (χ1) is 15.2. The van der Waals surface area contributed by atoms with Crippen molar-refractivity contribution in [2.24, 2.45) is 5.92 Å². The standard InChI is InChI=1S/C27H33N3O/c31-27(28-24-11-5-2-6-12-24)29-26-13-7-10-23-19-30(20-25(23)26)16-14-22(15-17-30)18-21-8-3-1-4-9-21/h2-3,5,7-11,13,22H,1,4,6,12,14-20H2,(H-,28,29,31)/p+1. The van der Waals surface area contributed by atoms with Crippen LogP contribution in [0.15, 0.2) is 65.9 Å². The smallest absolute Gasteiger partial charge is 0.316 e. The van der Waals surface area contributed by atoms with Crippen molar-refractivity contribution < 1.29 is 9.28 Å². The number of hydrogen-bond acceptors (Lipinski definition) is 1. The lowest BCUT2D eigenvalue weighted by Crippen LogP contribution is -2.48. The number of piperidine rings is 1. The van der Waals surface area contributed by atoms with E-state index >= 15 is 0 Å². The number of hydrogen-bond donors (Lipinski definition) is 2. The molecule has 0 aromatic heterocycles. The molecule has 2 aliphatic carbocycles. The third-order valence-electron chi connectivity index (χ3n) is 7.43. The number of amides is 2. The van der Waals surface area contributed by atoms with Crippen molar-refractivity contribution in [3.05, 3.63) is 77.1 Å². The number of nitrogens with one attached hydrogen (secondary N) is 2. The van der Waals surface area contributed by atoms with E-state index in [2.05, 4.69) is 53.1 Å². The minimum atomic E-state index is -0.124. The van der Waals surface area contributed by atoms with E-state index in [1.54, 1.807) is 5.57 Å². The third kappa shape index (κ3) is 4.69. The molecule has 5 rings (SSSR count). The molecule has 0 radical (unpaired) electrons. The van der Waals surface area contributed by atoms with Gasteiger partial charge in [0.2, 0.25) is 0 Å². The van der Waals surface area contributed by atoms with Crippen molar-refractivity contribution in [2.45, 2.75) is 58.0 Å². The molecule has 0 bridgehead atoms. The van der Waals surface area contributed by atoms with Crippen LogP contribution in [0.1, 0.15) is 56.1 Å². The molecule has 2 heterocycles. The Morgan fingerprint density at radius 1 is 1.03 bits per heavy atom. The Labute approximate surface area is 186 Å². The van der Waals surface area contributed by atoms with Gasteiger partial charge in [0.15, 0.2) is 0 Å². The lowest BCUT2D eigenvalue weighted by molar-refractivity contribution is -0.952. The van der Waals surface area contributed by atoms with E-state index < -0.39 is 0 Å². The first-order valence-corrected chi connectivity index (χ1v) is 11.9. The van der Waals surface area contributed by atoms with Gasteiger partial charge in [0.05, 0.1) is 18.8 Å². The molecule has 4 nitrogen and oxygen atoms in total. The minimum absolute atomic E-state index is 0.124. The highest BCUT2D eigenvalue weighted by atomic mass is 16.2. The van der Waals surface area contributed by atoms with Crippen molar-refractivity contribution in [1.29, 1.82) is 0 Å². The van der Waals surface area contributed by atoms with E-state index in [0.29, 0.717) is 0 Å². The van der Waals surface area contributed by atoms with Crippen LogP contribution in [0.2, 0.25) is 0 Å². The fourth-order valence-electron chi connectivity index (χ4n) is 5.69. The largest absolute Gasteiger partial charge is 0.323 e. The Bertz CT molecular complexity index is 961. The van der Waals surface area contributed by atoms with Gasteiger partial charge in [-0.15, -0.1) is 0 Å². The van der Waals surface area contributed by atoms with Crippen LogP contribution in [0.4, 0.5) is 10.5 Å². The molecule has 1 fully saturated rings. The Morgan fingerprint density at radius 2 is 1.94 bits per heavy atom. The number of anilines is 1. The summed E-state index contributed by atoms with van der Waals surface area (Å²) in [7, 11) is 0. The molecule has 0 atom stereocenters. The zero-order valence-electron chi connectivity index (χ0n) is 18.4. The molecule has 162 valence electrons. The van der Waals surface area contributed by atoms with Crippen molar-refractivity contribution >= 4 is 11.7 Å². The zero-order chi connectivity index (χ0) is 21.1. The van der Waals surface area contributed by atoms with E-state index in [9.17, 15) is 4.79 Å². The fourth-order valence-corrected chi connectivity index (χ4v) is 5.69. The summed E-state index contributed by atoms with van der Waals surface area (Å²) in [5.74, 6) is 0.822. The number of carbonyl (C=O) groups is 1. The molecule has 4 aliphatic rings. The van der Waals surface area contributed by atoms with Gasteiger partial charge in [-0.2, -0.15) is 0 Å². The molecule has 1 saturated heterocycles. The summed E-state index contributed by atoms with van der Waals surface area (Å²) in [6.45, 7) is 4.66. The monoisotopic (exact) mass is 416 g/mol. The highest BCUT2D eigenvalue weighted by molar-refractivity contribution is 5.91. The van der Waals surface area contributed by atoms with Crippen LogP contribution in [-0.4, -0.2) is 23.6 Å². The summed E-state index contributed by atoms with van der Waals surface area (Å²) >= 11 is 0. The number of nitrogens with zero attached hydrogens (tertiary/aromatic N) is 1. The summed E-state index contributed by atoms with van der Waals surface area (Å²) in [5.41, 5.74) is 6.27. The summed E-state index contributed by atoms with van der Waals surface area (Å²) in [4.78, 5) is 12.6. The van der Waals surface area contributed by atoms with Crippen LogP contribution < -0.4 is 10.6 Å². The maximum atomic E-state index is 12.6. The van der Waals surface area contributed by atoms with Crippen LogP contribution in [-0.2, 0) is 13.1 Å². The number of urea groups is 1. The number of rotatable bonds is 4. The van der Waals surface area contributed by atoms with Crippen LogP contribution in [0.3, 0.4) is 0 Å². The van der Waals surface area contributed by atoms with E-state index in [4.69, 9.17) is 0 Å². The van der Waals surface area contributed by atoms with Crippen LogP contribution in [0, 0.1) is 5.92 Å². The number of benzene rings is 1. The Hall–Kier alpha value is -2.59. The first-order valence-electron chi connectivity index (χ1n) is 11.9. The van der Waals surface area contributed by atoms with Gasteiger partial charge < -0.3 is 15.1 Å². The fraction of sp³-hybridized carbons (Fsp3) is 0.444. The predicted octanol–water partition coefficient (Wildman–Crippen LogP) is 5.95. The van der Waals surface area contributed by atoms with Crippen LogP contribution in [0.5, 0.6) is 0 Å². The van der Waals surface area contributed by atoms with E-state index in [1.165, 1.54) is 56.3 Å². The minimum Gasteiger partial charge on any atom is -0.316 e. The summed E-state index contributed by atoms with van der Waals surface area (Å²) in [6, 6.07) is 6.28. The molecular weight excluding hydrogens is 382 g/mol. The Balaban J connectivity index is 1.20. The second kappa shape index (κ2) is 8.88. The molecule has 2 N–H and O–H groups in total. The first kappa shape index (κ1) is 20.3. The second-order valence-electron chi connectivity index (χ2n) is 9.69. The van der Waals surface area contributed by atoms with Gasteiger partial charge in [-0.25, -0.2) is 4.79 Å². The van der Waals surface area contributed by atoms with Gasteiger partial charge in [0, 0.05) is 16.8 Å². The van der Waals surface area contributed by atoms with Gasteiger partial charge in [0.25, 0.3) is 0 Å². The Kier molecular flexibility index (Phi) is 5.82. The van der Waals surface area contributed by atoms with Crippen molar-refractivity contribution in [1.82, 2.24) is 5.32 Å². The highest BCUT2D eigenvalue weighted by Crippen LogP contribution is 2.39. The van der Waals surface area contributed by atoms with Crippen LogP contribution in [0.25, 0.3) is 0 Å². The molecule has 4 heteroatoms. The lowest BCUT2D eigenvalue weighted by atomic mass is 9.87. The van der Waals surface area contributed by atoms with Crippen LogP contribution >= 0.6 is 0 Å². The average Bonchev–Trinajstić information content (AvgIpc) is 3.16. The van der Waals surface area contributed by atoms with Crippen molar-refractivity contribution in [3.63, 3.8) is 0 Å². The molecule has 1 aromatic rings. The number of allylic oxidation sites excluding steroid dienone is 8. The van der Waals surface area contributed by atoms with E-state index in [-0.39, 0.29) is 6.03 Å². The molecule has 31 heavy (non-hydrogen) atoms. The maximum absolute atomic E-state index is 12.6. The summed E-state index contributed by atoms with van der Waals surface area (Å²) < 4.78 is 1.16. The van der Waals surface area contributed by atoms with Gasteiger partial charge >= 0.3 is 6.03 Å². The molecule has 0 saturated carbocycles. The van der Waals surface area contributed by atoms with Gasteiger partial charge in [0.1, 0.15) is 13.1 Å². The second-order valence-corrected chi connectivity index (χ2v) is 9.69. The normalized spacial score (nSPS) is 26.9. The molecule has 1 aromatic carbocycles. The van der Waals surface area contributed by atoms with E-state index in [0.717, 1.165) is 47.7 Å². The quantitative estimate of drug-likeness (QED) is 0.585.